The maximum absolute atomic E-state index is 2.39. The van der Waals surface area contributed by atoms with Gasteiger partial charge in [-0.25, -0.2) is 0 Å². The molecule has 0 saturated carbocycles. The molecule has 0 aliphatic carbocycles. The highest BCUT2D eigenvalue weighted by molar-refractivity contribution is 7.32. The third kappa shape index (κ3) is 2.24. The minimum Gasteiger partial charge on any atom is -0.175 e. The molecule has 1 nitrogen and oxygen atoms in total. The second-order valence-electron chi connectivity index (χ2n) is 7.15. The number of aryl methyl sites for hydroxylation is 3. The van der Waals surface area contributed by atoms with Crippen molar-refractivity contribution in [2.45, 2.75) is 20.8 Å². The van der Waals surface area contributed by atoms with Gasteiger partial charge in [0.15, 0.2) is 0 Å². The molecular formula is C23H20NS2+. The van der Waals surface area contributed by atoms with E-state index in [9.17, 15) is 0 Å². The minimum absolute atomic E-state index is 1.32. The fourth-order valence-corrected chi connectivity index (χ4v) is 6.54. The van der Waals surface area contributed by atoms with Gasteiger partial charge in [0, 0.05) is 10.1 Å². The molecule has 0 amide bonds. The van der Waals surface area contributed by atoms with Crippen LogP contribution in [0.2, 0.25) is 0 Å². The molecule has 3 aromatic carbocycles. The lowest BCUT2D eigenvalue weighted by Crippen LogP contribution is -2.27. The zero-order chi connectivity index (χ0) is 18.0. The lowest BCUT2D eigenvalue weighted by molar-refractivity contribution is -0.627. The van der Waals surface area contributed by atoms with Crippen molar-refractivity contribution in [3.63, 3.8) is 0 Å². The van der Waals surface area contributed by atoms with Crippen LogP contribution in [0.4, 0.5) is 0 Å². The predicted molar refractivity (Wildman–Crippen MR) is 116 cm³/mol. The van der Waals surface area contributed by atoms with E-state index in [1.807, 2.05) is 22.7 Å². The molecule has 5 rings (SSSR count). The van der Waals surface area contributed by atoms with E-state index in [4.69, 9.17) is 0 Å². The second kappa shape index (κ2) is 5.63. The van der Waals surface area contributed by atoms with Crippen LogP contribution in [0.3, 0.4) is 0 Å². The van der Waals surface area contributed by atoms with Crippen LogP contribution in [0.5, 0.6) is 0 Å². The third-order valence-electron chi connectivity index (χ3n) is 5.34. The molecule has 3 heteroatoms. The van der Waals surface area contributed by atoms with Gasteiger partial charge in [0.05, 0.1) is 5.56 Å². The number of nitrogens with zero attached hydrogens (tertiary/aromatic N) is 1. The van der Waals surface area contributed by atoms with Gasteiger partial charge in [0.2, 0.25) is 0 Å². The summed E-state index contributed by atoms with van der Waals surface area (Å²) in [5.41, 5.74) is 5.45. The van der Waals surface area contributed by atoms with E-state index in [0.717, 1.165) is 0 Å². The first-order valence-corrected chi connectivity index (χ1v) is 10.5. The SMILES string of the molecule is Cc1cc(C)c(C)c(-c2sc3c4cc5ccccc5cc4sc3[n+]2C)c1. The molecule has 128 valence electrons. The summed E-state index contributed by atoms with van der Waals surface area (Å²) in [7, 11) is 2.21. The Morgan fingerprint density at radius 3 is 2.35 bits per heavy atom. The quantitative estimate of drug-likeness (QED) is 0.288. The van der Waals surface area contributed by atoms with Crippen LogP contribution in [0, 0.1) is 20.8 Å². The number of rotatable bonds is 1. The number of thiophene rings is 1. The molecule has 0 N–H and O–H groups in total. The van der Waals surface area contributed by atoms with Crippen molar-refractivity contribution >= 4 is 53.1 Å². The summed E-state index contributed by atoms with van der Waals surface area (Å²) in [6, 6.07) is 17.9. The van der Waals surface area contributed by atoms with E-state index in [-0.39, 0.29) is 0 Å². The monoisotopic (exact) mass is 374 g/mol. The highest BCUT2D eigenvalue weighted by Gasteiger charge is 2.25. The minimum atomic E-state index is 1.32. The molecule has 5 aromatic rings. The fraction of sp³-hybridized carbons (Fsp3) is 0.174. The summed E-state index contributed by atoms with van der Waals surface area (Å²) < 4.78 is 5.17. The first-order valence-electron chi connectivity index (χ1n) is 8.85. The molecule has 0 bridgehead atoms. The molecule has 0 unspecified atom stereocenters. The number of aromatic nitrogens is 1. The molecule has 2 heterocycles. The van der Waals surface area contributed by atoms with Gasteiger partial charge >= 0.3 is 0 Å². The van der Waals surface area contributed by atoms with Gasteiger partial charge in [-0.1, -0.05) is 53.0 Å². The van der Waals surface area contributed by atoms with E-state index in [2.05, 4.69) is 80.9 Å². The van der Waals surface area contributed by atoms with Gasteiger partial charge < -0.3 is 0 Å². The van der Waals surface area contributed by atoms with Crippen LogP contribution in [-0.4, -0.2) is 0 Å². The zero-order valence-electron chi connectivity index (χ0n) is 15.4. The molecule has 26 heavy (non-hydrogen) atoms. The molecule has 2 aromatic heterocycles. The van der Waals surface area contributed by atoms with Crippen LogP contribution in [0.25, 0.3) is 41.0 Å². The van der Waals surface area contributed by atoms with Crippen LogP contribution in [-0.2, 0) is 7.05 Å². The molecular weight excluding hydrogens is 354 g/mol. The summed E-state index contributed by atoms with van der Waals surface area (Å²) >= 11 is 3.83. The van der Waals surface area contributed by atoms with Crippen molar-refractivity contribution in [3.05, 3.63) is 65.2 Å². The van der Waals surface area contributed by atoms with E-state index in [1.165, 1.54) is 57.7 Å². The summed E-state index contributed by atoms with van der Waals surface area (Å²) in [6.07, 6.45) is 0. The average molecular weight is 375 g/mol. The first-order chi connectivity index (χ1) is 12.5. The summed E-state index contributed by atoms with van der Waals surface area (Å²) in [6.45, 7) is 6.64. The standard InChI is InChI=1S/C23H20NS2/c1-13-9-14(2)15(3)18(10-13)22-24(4)23-21(26-22)19-11-16-7-5-6-8-17(16)12-20(19)25-23/h5-12H,1-4H3/q+1. The maximum Gasteiger partial charge on any atom is 0.281 e. The molecule has 0 aliphatic rings. The Labute approximate surface area is 161 Å². The summed E-state index contributed by atoms with van der Waals surface area (Å²) in [5.74, 6) is 0. The van der Waals surface area contributed by atoms with E-state index < -0.39 is 0 Å². The Kier molecular flexibility index (Phi) is 3.46. The van der Waals surface area contributed by atoms with Crippen molar-refractivity contribution in [1.82, 2.24) is 0 Å². The van der Waals surface area contributed by atoms with E-state index in [0.29, 0.717) is 0 Å². The lowest BCUT2D eigenvalue weighted by Gasteiger charge is -2.06. The maximum atomic E-state index is 2.39. The Balaban J connectivity index is 1.84. The zero-order valence-corrected chi connectivity index (χ0v) is 17.0. The molecule has 0 spiro atoms. The van der Waals surface area contributed by atoms with Crippen molar-refractivity contribution in [2.24, 2.45) is 7.05 Å². The highest BCUT2D eigenvalue weighted by Crippen LogP contribution is 2.41. The Bertz CT molecular complexity index is 1320. The van der Waals surface area contributed by atoms with Crippen LogP contribution in [0.15, 0.2) is 48.5 Å². The van der Waals surface area contributed by atoms with E-state index >= 15 is 0 Å². The number of hydrogen-bond donors (Lipinski definition) is 0. The largest absolute Gasteiger partial charge is 0.281 e. The molecule has 0 radical (unpaired) electrons. The van der Waals surface area contributed by atoms with Gasteiger partial charge in [-0.15, -0.1) is 0 Å². The van der Waals surface area contributed by atoms with Crippen LogP contribution >= 0.6 is 22.7 Å². The van der Waals surface area contributed by atoms with Gasteiger partial charge in [-0.05, 0) is 66.4 Å². The predicted octanol–water partition coefficient (Wildman–Crippen LogP) is 6.69. The summed E-state index contributed by atoms with van der Waals surface area (Å²) in [4.78, 5) is 1.37. The average Bonchev–Trinajstić information content (AvgIpc) is 3.13. The Morgan fingerprint density at radius 2 is 1.58 bits per heavy atom. The molecule has 0 aliphatic heterocycles. The number of hydrogen-bond acceptors (Lipinski definition) is 2. The lowest BCUT2D eigenvalue weighted by atomic mass is 10.0. The topological polar surface area (TPSA) is 3.88 Å². The Morgan fingerprint density at radius 1 is 0.846 bits per heavy atom. The third-order valence-corrected chi connectivity index (χ3v) is 8.01. The number of fused-ring (bicyclic) bond motifs is 4. The van der Waals surface area contributed by atoms with Gasteiger partial charge in [0.25, 0.3) is 9.84 Å². The van der Waals surface area contributed by atoms with Crippen molar-refractivity contribution in [3.8, 4) is 10.6 Å². The molecule has 0 fully saturated rings. The van der Waals surface area contributed by atoms with Crippen molar-refractivity contribution in [2.75, 3.05) is 0 Å². The normalized spacial score (nSPS) is 11.8. The molecule has 0 saturated heterocycles. The fourth-order valence-electron chi connectivity index (χ4n) is 3.82. The van der Waals surface area contributed by atoms with Crippen LogP contribution < -0.4 is 4.57 Å². The van der Waals surface area contributed by atoms with Gasteiger partial charge in [0.1, 0.15) is 11.7 Å². The van der Waals surface area contributed by atoms with Gasteiger partial charge in [-0.3, -0.25) is 0 Å². The number of thiazole rings is 1. The Hall–Kier alpha value is -2.23. The second-order valence-corrected chi connectivity index (χ2v) is 9.18. The van der Waals surface area contributed by atoms with Gasteiger partial charge in [-0.2, -0.15) is 4.57 Å². The molecule has 0 atom stereocenters. The van der Waals surface area contributed by atoms with Crippen molar-refractivity contribution in [1.29, 1.82) is 0 Å². The number of benzene rings is 3. The first kappa shape index (κ1) is 16.0. The van der Waals surface area contributed by atoms with Crippen LogP contribution in [0.1, 0.15) is 16.7 Å². The van der Waals surface area contributed by atoms with Crippen molar-refractivity contribution < 1.29 is 4.57 Å². The van der Waals surface area contributed by atoms with E-state index in [1.54, 1.807) is 0 Å². The smallest absolute Gasteiger partial charge is 0.175 e. The highest BCUT2D eigenvalue weighted by atomic mass is 32.1. The summed E-state index contributed by atoms with van der Waals surface area (Å²) in [5, 5.41) is 5.38.